The van der Waals surface area contributed by atoms with Crippen LogP contribution in [0.2, 0.25) is 5.02 Å². The van der Waals surface area contributed by atoms with Crippen LogP contribution in [-0.4, -0.2) is 80.7 Å². The van der Waals surface area contributed by atoms with Crippen LogP contribution in [0.3, 0.4) is 0 Å². The maximum absolute atomic E-state index is 13.1. The molecular weight excluding hydrogens is 761 g/mol. The van der Waals surface area contributed by atoms with Crippen molar-refractivity contribution in [1.82, 2.24) is 35.1 Å². The molecule has 20 heteroatoms. The van der Waals surface area contributed by atoms with Gasteiger partial charge in [-0.05, 0) is 79.1 Å². The van der Waals surface area contributed by atoms with E-state index in [0.717, 1.165) is 18.4 Å². The summed E-state index contributed by atoms with van der Waals surface area (Å²) in [5, 5.41) is 13.8. The van der Waals surface area contributed by atoms with Gasteiger partial charge in [0.15, 0.2) is 6.61 Å². The number of nitrogens with one attached hydrogen (secondary N) is 5. The number of nitrogens with zero attached hydrogens (tertiary/aromatic N) is 5. The highest BCUT2D eigenvalue weighted by molar-refractivity contribution is 6.39. The van der Waals surface area contributed by atoms with E-state index in [-0.39, 0.29) is 17.5 Å². The third kappa shape index (κ3) is 10.3. The van der Waals surface area contributed by atoms with Gasteiger partial charge in [-0.1, -0.05) is 23.7 Å². The normalized spacial score (nSPS) is 13.4. The van der Waals surface area contributed by atoms with Crippen LogP contribution < -0.4 is 31.3 Å². The van der Waals surface area contributed by atoms with Gasteiger partial charge < -0.3 is 40.6 Å². The molecule has 1 aliphatic rings. The third-order valence-corrected chi connectivity index (χ3v) is 8.52. The second-order valence-electron chi connectivity index (χ2n) is 12.3. The monoisotopic (exact) mass is 792 g/mol. The molecule has 2 heterocycles. The van der Waals surface area contributed by atoms with Crippen molar-refractivity contribution in [2.45, 2.75) is 30.6 Å². The molecule has 2 aromatic heterocycles. The van der Waals surface area contributed by atoms with Crippen LogP contribution >= 0.6 is 11.6 Å². The van der Waals surface area contributed by atoms with Crippen molar-refractivity contribution in [2.75, 3.05) is 36.2 Å². The summed E-state index contributed by atoms with van der Waals surface area (Å²) in [7, 11) is 1.09. The van der Waals surface area contributed by atoms with Gasteiger partial charge in [-0.2, -0.15) is 28.1 Å². The second-order valence-corrected chi connectivity index (χ2v) is 12.8. The van der Waals surface area contributed by atoms with Crippen molar-refractivity contribution < 1.29 is 41.8 Å². The van der Waals surface area contributed by atoms with E-state index in [4.69, 9.17) is 21.1 Å². The lowest BCUT2D eigenvalue weighted by molar-refractivity contribution is -0.154. The van der Waals surface area contributed by atoms with Gasteiger partial charge in [0.25, 0.3) is 5.91 Å². The number of esters is 1. The first-order valence-corrected chi connectivity index (χ1v) is 17.1. The topological polar surface area (TPSA) is 203 Å². The Hall–Kier alpha value is -6.76. The zero-order valence-electron chi connectivity index (χ0n) is 29.3. The Labute approximate surface area is 321 Å². The number of carbonyl (C=O) groups is 4. The highest BCUT2D eigenvalue weighted by Gasteiger charge is 2.45. The van der Waals surface area contributed by atoms with E-state index in [1.807, 2.05) is 12.1 Å². The number of anilines is 4. The maximum Gasteiger partial charge on any atom is 0.422 e. The number of alkyl halides is 3. The van der Waals surface area contributed by atoms with Crippen LogP contribution in [0.1, 0.15) is 28.8 Å². The number of carbonyl (C=O) groups excluding carboxylic acids is 4. The molecule has 1 atom stereocenters. The Balaban J connectivity index is 1.07. The third-order valence-electron chi connectivity index (χ3n) is 8.27. The first-order chi connectivity index (χ1) is 26.8. The van der Waals surface area contributed by atoms with Gasteiger partial charge in [0.2, 0.25) is 11.9 Å². The molecule has 0 radical (unpaired) electrons. The van der Waals surface area contributed by atoms with Crippen LogP contribution in [0, 0.1) is 0 Å². The molecule has 3 aromatic carbocycles. The van der Waals surface area contributed by atoms with Gasteiger partial charge in [-0.3, -0.25) is 14.4 Å². The van der Waals surface area contributed by atoms with Gasteiger partial charge in [-0.25, -0.2) is 9.78 Å². The van der Waals surface area contributed by atoms with Crippen molar-refractivity contribution in [3.8, 4) is 11.7 Å². The fourth-order valence-corrected chi connectivity index (χ4v) is 5.40. The fraction of sp³-hybridized carbons (Fsp3) is 0.222. The minimum atomic E-state index is -4.64. The predicted octanol–water partition coefficient (Wildman–Crippen LogP) is 4.52. The summed E-state index contributed by atoms with van der Waals surface area (Å²) in [6.07, 6.45) is 1.72. The van der Waals surface area contributed by atoms with E-state index in [1.165, 1.54) is 24.3 Å². The summed E-state index contributed by atoms with van der Waals surface area (Å²) in [6.45, 7) is -2.11. The standard InChI is InChI=1S/C36H32ClF3N10O6/c1-55-31(54)27(18-42-29(52)30(53)43-24-10-12-26(13-11-24)50-17-16-41-20-50)45-28(51)21-2-8-25(9-3-21)44-32-46-33(48-34(47-32)56-19-36(38,39)40)49-35(14-15-35)22-4-6-23(37)7-5-22/h2-13,16-17,20,27H,14-15,18-19H2,1H3,(H,42,52)(H,43,53)(H,45,51)(H2,44,46,47,48,49)/t27-/m0/s1. The van der Waals surface area contributed by atoms with E-state index in [1.54, 1.807) is 59.7 Å². The zero-order valence-corrected chi connectivity index (χ0v) is 30.0. The Bertz CT molecular complexity index is 2190. The molecule has 1 fully saturated rings. The van der Waals surface area contributed by atoms with Gasteiger partial charge in [0.05, 0.1) is 19.0 Å². The first-order valence-electron chi connectivity index (χ1n) is 16.7. The highest BCUT2D eigenvalue weighted by Crippen LogP contribution is 2.48. The van der Waals surface area contributed by atoms with Gasteiger partial charge in [-0.15, -0.1) is 0 Å². The van der Waals surface area contributed by atoms with Crippen LogP contribution in [0.25, 0.3) is 5.69 Å². The van der Waals surface area contributed by atoms with Crippen molar-refractivity contribution >= 4 is 58.6 Å². The number of benzene rings is 3. The molecule has 290 valence electrons. The summed E-state index contributed by atoms with van der Waals surface area (Å²) in [5.41, 5.74) is 1.85. The van der Waals surface area contributed by atoms with Crippen LogP contribution in [0.5, 0.6) is 6.01 Å². The van der Waals surface area contributed by atoms with Gasteiger partial charge in [0, 0.05) is 46.6 Å². The average Bonchev–Trinajstić information content (AvgIpc) is 3.74. The lowest BCUT2D eigenvalue weighted by Gasteiger charge is -2.19. The molecule has 5 N–H and O–H groups in total. The van der Waals surface area contributed by atoms with Crippen molar-refractivity contribution in [2.24, 2.45) is 0 Å². The quantitative estimate of drug-likeness (QED) is 0.0779. The number of amides is 3. The Morgan fingerprint density at radius 2 is 1.57 bits per heavy atom. The molecule has 1 saturated carbocycles. The van der Waals surface area contributed by atoms with Crippen molar-refractivity contribution in [3.63, 3.8) is 0 Å². The Morgan fingerprint density at radius 1 is 0.893 bits per heavy atom. The first kappa shape index (κ1) is 38.9. The molecule has 6 rings (SSSR count). The summed E-state index contributed by atoms with van der Waals surface area (Å²) >= 11 is 6.03. The molecule has 3 amide bonds. The van der Waals surface area contributed by atoms with E-state index in [9.17, 15) is 32.3 Å². The lowest BCUT2D eigenvalue weighted by Crippen LogP contribution is -2.50. The van der Waals surface area contributed by atoms with Crippen LogP contribution in [-0.2, 0) is 24.7 Å². The van der Waals surface area contributed by atoms with E-state index in [2.05, 4.69) is 46.5 Å². The van der Waals surface area contributed by atoms with Gasteiger partial charge in [0.1, 0.15) is 6.04 Å². The van der Waals surface area contributed by atoms with Crippen LogP contribution in [0.15, 0.2) is 91.5 Å². The molecular formula is C36H32ClF3N10O6. The minimum Gasteiger partial charge on any atom is -0.467 e. The minimum absolute atomic E-state index is 0.0400. The molecule has 0 spiro atoms. The number of rotatable bonds is 14. The number of ether oxygens (including phenoxy) is 2. The van der Waals surface area contributed by atoms with E-state index >= 15 is 0 Å². The SMILES string of the molecule is COC(=O)[C@H](CNC(=O)C(=O)Nc1ccc(-n2ccnc2)cc1)NC(=O)c1ccc(Nc2nc(NC3(c4ccc(Cl)cc4)CC3)nc(OCC(F)(F)F)n2)cc1. The average molecular weight is 793 g/mol. The number of hydrogen-bond acceptors (Lipinski definition) is 12. The molecule has 5 aromatic rings. The molecule has 0 aliphatic heterocycles. The Kier molecular flexibility index (Phi) is 11.6. The van der Waals surface area contributed by atoms with Crippen LogP contribution in [0.4, 0.5) is 36.4 Å². The maximum atomic E-state index is 13.1. The van der Waals surface area contributed by atoms with E-state index < -0.39 is 60.6 Å². The molecule has 0 bridgehead atoms. The van der Waals surface area contributed by atoms with Crippen molar-refractivity contribution in [3.05, 3.63) is 108 Å². The molecule has 1 aliphatic carbocycles. The summed E-state index contributed by atoms with van der Waals surface area (Å²) in [6, 6.07) is 17.5. The second kappa shape index (κ2) is 16.7. The molecule has 16 nitrogen and oxygen atoms in total. The smallest absolute Gasteiger partial charge is 0.422 e. The molecule has 56 heavy (non-hydrogen) atoms. The number of hydrogen-bond donors (Lipinski definition) is 5. The molecule has 0 unspecified atom stereocenters. The summed E-state index contributed by atoms with van der Waals surface area (Å²) in [5.74, 6) is -3.88. The number of methoxy groups -OCH3 is 1. The van der Waals surface area contributed by atoms with E-state index in [0.29, 0.717) is 29.2 Å². The fourth-order valence-electron chi connectivity index (χ4n) is 5.28. The summed E-state index contributed by atoms with van der Waals surface area (Å²) in [4.78, 5) is 66.9. The summed E-state index contributed by atoms with van der Waals surface area (Å²) < 4.78 is 50.2. The number of halogens is 4. The lowest BCUT2D eigenvalue weighted by atomic mass is 10.1. The largest absolute Gasteiger partial charge is 0.467 e. The van der Waals surface area contributed by atoms with Crippen molar-refractivity contribution in [1.29, 1.82) is 0 Å². The number of imidazole rings is 1. The Morgan fingerprint density at radius 3 is 2.20 bits per heavy atom. The number of aromatic nitrogens is 5. The highest BCUT2D eigenvalue weighted by atomic mass is 35.5. The predicted molar refractivity (Wildman–Crippen MR) is 196 cm³/mol. The zero-order chi connectivity index (χ0) is 39.9. The van der Waals surface area contributed by atoms with Gasteiger partial charge >= 0.3 is 30.0 Å². The molecule has 0 saturated heterocycles.